The standard InChI is InChI=1S/C34H54O8S/c1-5-6-7-10-13-21-39-23-24-40-22-20-31-29(26-41-43(37,38)30-18-16-28(4)17-19-30)25-33(35)32(31)14-11-8-9-12-15-34(36)42-27(2)3/h8,11,16-19,27,29,31-32H,5-7,9-10,12-15,20-26H2,1-4H3/t29?,31-,32?/m0/s1. The van der Waals surface area contributed by atoms with Gasteiger partial charge in [0.25, 0.3) is 10.1 Å². The van der Waals surface area contributed by atoms with E-state index in [-0.39, 0.29) is 53.5 Å². The van der Waals surface area contributed by atoms with Crippen LogP contribution < -0.4 is 0 Å². The van der Waals surface area contributed by atoms with E-state index in [9.17, 15) is 18.0 Å². The molecule has 1 aliphatic rings. The Morgan fingerprint density at radius 2 is 1.65 bits per heavy atom. The highest BCUT2D eigenvalue weighted by molar-refractivity contribution is 7.86. The molecule has 0 bridgehead atoms. The molecule has 8 nitrogen and oxygen atoms in total. The first-order chi connectivity index (χ1) is 20.6. The lowest BCUT2D eigenvalue weighted by molar-refractivity contribution is -0.147. The number of carbonyl (C=O) groups is 2. The Morgan fingerprint density at radius 1 is 0.953 bits per heavy atom. The molecule has 0 aromatic heterocycles. The number of hydrogen-bond acceptors (Lipinski definition) is 8. The average molecular weight is 623 g/mol. The van der Waals surface area contributed by atoms with Crippen LogP contribution in [0.4, 0.5) is 0 Å². The molecule has 1 aromatic carbocycles. The van der Waals surface area contributed by atoms with Gasteiger partial charge < -0.3 is 14.2 Å². The summed E-state index contributed by atoms with van der Waals surface area (Å²) < 4.78 is 47.8. The third-order valence-electron chi connectivity index (χ3n) is 7.78. The van der Waals surface area contributed by atoms with E-state index in [1.165, 1.54) is 25.7 Å². The summed E-state index contributed by atoms with van der Waals surface area (Å²) in [4.78, 5) is 24.9. The normalized spacial score (nSPS) is 19.1. The van der Waals surface area contributed by atoms with Crippen LogP contribution in [-0.2, 0) is 38.1 Å². The van der Waals surface area contributed by atoms with E-state index in [2.05, 4.69) is 6.92 Å². The Labute approximate surface area is 260 Å². The van der Waals surface area contributed by atoms with E-state index in [1.54, 1.807) is 24.3 Å². The molecule has 0 aliphatic heterocycles. The number of ether oxygens (including phenoxy) is 3. The molecule has 0 saturated heterocycles. The lowest BCUT2D eigenvalue weighted by Gasteiger charge is -2.23. The van der Waals surface area contributed by atoms with Crippen molar-refractivity contribution in [3.8, 4) is 0 Å². The van der Waals surface area contributed by atoms with E-state index in [0.717, 1.165) is 25.0 Å². The van der Waals surface area contributed by atoms with Crippen LogP contribution in [0.15, 0.2) is 41.3 Å². The summed E-state index contributed by atoms with van der Waals surface area (Å²) >= 11 is 0. The van der Waals surface area contributed by atoms with Crippen LogP contribution in [-0.4, -0.2) is 59.3 Å². The van der Waals surface area contributed by atoms with E-state index in [4.69, 9.17) is 18.4 Å². The van der Waals surface area contributed by atoms with Crippen molar-refractivity contribution in [3.63, 3.8) is 0 Å². The highest BCUT2D eigenvalue weighted by Gasteiger charge is 2.42. The lowest BCUT2D eigenvalue weighted by atomic mass is 9.85. The van der Waals surface area contributed by atoms with Crippen molar-refractivity contribution in [2.75, 3.05) is 33.0 Å². The first-order valence-corrected chi connectivity index (χ1v) is 17.5. The molecule has 1 aromatic rings. The fourth-order valence-electron chi connectivity index (χ4n) is 5.40. The Kier molecular flexibility index (Phi) is 18.0. The van der Waals surface area contributed by atoms with Crippen LogP contribution in [0.3, 0.4) is 0 Å². The van der Waals surface area contributed by atoms with Crippen LogP contribution in [0.1, 0.15) is 97.0 Å². The Balaban J connectivity index is 1.88. The number of esters is 1. The van der Waals surface area contributed by atoms with Crippen LogP contribution in [0.25, 0.3) is 0 Å². The minimum absolute atomic E-state index is 0.0358. The fraction of sp³-hybridized carbons (Fsp3) is 0.706. The maximum absolute atomic E-state index is 13.1. The molecule has 2 rings (SSSR count). The van der Waals surface area contributed by atoms with Crippen molar-refractivity contribution in [1.82, 2.24) is 0 Å². The predicted octanol–water partition coefficient (Wildman–Crippen LogP) is 6.98. The van der Waals surface area contributed by atoms with Gasteiger partial charge in [0.15, 0.2) is 0 Å². The number of benzene rings is 1. The van der Waals surface area contributed by atoms with Crippen molar-refractivity contribution in [1.29, 1.82) is 0 Å². The molecule has 0 spiro atoms. The van der Waals surface area contributed by atoms with Gasteiger partial charge in [-0.25, -0.2) is 0 Å². The van der Waals surface area contributed by atoms with Crippen LogP contribution in [0.5, 0.6) is 0 Å². The summed E-state index contributed by atoms with van der Waals surface area (Å²) in [7, 11) is -3.92. The molecule has 0 amide bonds. The number of carbonyl (C=O) groups excluding carboxylic acids is 2. The maximum Gasteiger partial charge on any atom is 0.306 e. The molecule has 43 heavy (non-hydrogen) atoms. The molecule has 1 aliphatic carbocycles. The molecule has 3 atom stereocenters. The highest BCUT2D eigenvalue weighted by Crippen LogP contribution is 2.39. The largest absolute Gasteiger partial charge is 0.463 e. The second-order valence-electron chi connectivity index (χ2n) is 11.8. The van der Waals surface area contributed by atoms with Crippen molar-refractivity contribution >= 4 is 21.9 Å². The Hall–Kier alpha value is -2.07. The van der Waals surface area contributed by atoms with Gasteiger partial charge in [-0.3, -0.25) is 13.8 Å². The summed E-state index contributed by atoms with van der Waals surface area (Å²) in [5.74, 6) is -0.551. The number of rotatable bonds is 23. The van der Waals surface area contributed by atoms with Gasteiger partial charge in [-0.15, -0.1) is 0 Å². The number of ketones is 1. The molecule has 9 heteroatoms. The zero-order valence-corrected chi connectivity index (χ0v) is 27.6. The molecule has 0 radical (unpaired) electrons. The number of unbranched alkanes of at least 4 members (excludes halogenated alkanes) is 5. The van der Waals surface area contributed by atoms with Crippen LogP contribution in [0, 0.1) is 24.7 Å². The molecule has 244 valence electrons. The SMILES string of the molecule is CCCCCCCOCCOCC[C@H]1C(COS(=O)(=O)c2ccc(C)cc2)CC(=O)C1CC=CCCCC(=O)OC(C)C. The van der Waals surface area contributed by atoms with E-state index < -0.39 is 10.1 Å². The van der Waals surface area contributed by atoms with Crippen molar-refractivity contribution < 1.29 is 36.4 Å². The minimum atomic E-state index is -3.92. The van der Waals surface area contributed by atoms with Gasteiger partial charge in [0.05, 0.1) is 30.8 Å². The van der Waals surface area contributed by atoms with E-state index in [0.29, 0.717) is 45.5 Å². The zero-order valence-electron chi connectivity index (χ0n) is 26.8. The number of hydrogen-bond donors (Lipinski definition) is 0. The molecule has 2 unspecified atom stereocenters. The van der Waals surface area contributed by atoms with E-state index >= 15 is 0 Å². The zero-order chi connectivity index (χ0) is 31.5. The third-order valence-corrected chi connectivity index (χ3v) is 9.08. The first-order valence-electron chi connectivity index (χ1n) is 16.1. The summed E-state index contributed by atoms with van der Waals surface area (Å²) in [5.41, 5.74) is 0.962. The second-order valence-corrected chi connectivity index (χ2v) is 13.4. The molecular weight excluding hydrogens is 568 g/mol. The van der Waals surface area contributed by atoms with E-state index in [1.807, 2.05) is 32.9 Å². The number of allylic oxidation sites excluding steroid dienone is 2. The van der Waals surface area contributed by atoms with Crippen molar-refractivity contribution in [3.05, 3.63) is 42.0 Å². The van der Waals surface area contributed by atoms with Gasteiger partial charge in [-0.2, -0.15) is 8.42 Å². The summed E-state index contributed by atoms with van der Waals surface area (Å²) in [5, 5.41) is 0. The van der Waals surface area contributed by atoms with Gasteiger partial charge in [0, 0.05) is 32.0 Å². The fourth-order valence-corrected chi connectivity index (χ4v) is 6.36. The predicted molar refractivity (Wildman–Crippen MR) is 168 cm³/mol. The molecular formula is C34H54O8S. The summed E-state index contributed by atoms with van der Waals surface area (Å²) in [6, 6.07) is 6.56. The van der Waals surface area contributed by atoms with Crippen molar-refractivity contribution in [2.24, 2.45) is 17.8 Å². The first kappa shape index (κ1) is 37.1. The average Bonchev–Trinajstić information content (AvgIpc) is 3.26. The van der Waals surface area contributed by atoms with Gasteiger partial charge in [0.1, 0.15) is 5.78 Å². The Bertz CT molecular complexity index is 1060. The lowest BCUT2D eigenvalue weighted by Crippen LogP contribution is -2.23. The van der Waals surface area contributed by atoms with Gasteiger partial charge in [0.2, 0.25) is 0 Å². The van der Waals surface area contributed by atoms with Gasteiger partial charge >= 0.3 is 5.97 Å². The number of Topliss-reactive ketones (excluding diaryl/α,β-unsaturated/α-hetero) is 1. The third kappa shape index (κ3) is 15.0. The van der Waals surface area contributed by atoms with Gasteiger partial charge in [-0.05, 0) is 76.8 Å². The topological polar surface area (TPSA) is 105 Å². The van der Waals surface area contributed by atoms with Crippen molar-refractivity contribution in [2.45, 2.75) is 109 Å². The summed E-state index contributed by atoms with van der Waals surface area (Å²) in [6.07, 6.45) is 13.2. The Morgan fingerprint density at radius 3 is 2.35 bits per heavy atom. The maximum atomic E-state index is 13.1. The number of aryl methyl sites for hydroxylation is 1. The second kappa shape index (κ2) is 20.8. The summed E-state index contributed by atoms with van der Waals surface area (Å²) in [6.45, 7) is 9.96. The quantitative estimate of drug-likeness (QED) is 0.0557. The van der Waals surface area contributed by atoms with Crippen LogP contribution >= 0.6 is 0 Å². The smallest absolute Gasteiger partial charge is 0.306 e. The van der Waals surface area contributed by atoms with Gasteiger partial charge in [-0.1, -0.05) is 62.5 Å². The highest BCUT2D eigenvalue weighted by atomic mass is 32.2. The molecule has 1 fully saturated rings. The monoisotopic (exact) mass is 622 g/mol. The molecule has 0 N–H and O–H groups in total. The minimum Gasteiger partial charge on any atom is -0.463 e. The molecule has 0 heterocycles. The molecule has 1 saturated carbocycles. The van der Waals surface area contributed by atoms with Crippen LogP contribution in [0.2, 0.25) is 0 Å².